The molecule has 7 heteroatoms. The van der Waals surface area contributed by atoms with Crippen LogP contribution in [0.15, 0.2) is 41.3 Å². The molecule has 3 rings (SSSR count). The van der Waals surface area contributed by atoms with Gasteiger partial charge in [-0.15, -0.1) is 11.8 Å². The summed E-state index contributed by atoms with van der Waals surface area (Å²) in [6, 6.07) is 11.5. The number of fused-ring (bicyclic) bond motifs is 1. The van der Waals surface area contributed by atoms with Gasteiger partial charge in [0.2, 0.25) is 5.91 Å². The number of ether oxygens (including phenoxy) is 1. The third-order valence-corrected chi connectivity index (χ3v) is 5.70. The molecule has 3 aromatic rings. The molecule has 1 amide bonds. The molecular weight excluding hydrogens is 376 g/mol. The lowest BCUT2D eigenvalue weighted by Gasteiger charge is -2.04. The fourth-order valence-electron chi connectivity index (χ4n) is 2.32. The van der Waals surface area contributed by atoms with Crippen LogP contribution in [0.3, 0.4) is 0 Å². The summed E-state index contributed by atoms with van der Waals surface area (Å²) in [5.74, 6) is 1.49. The van der Waals surface area contributed by atoms with Gasteiger partial charge in [-0.05, 0) is 48.9 Å². The number of benzene rings is 2. The van der Waals surface area contributed by atoms with E-state index in [2.05, 4.69) is 10.3 Å². The average molecular weight is 393 g/mol. The van der Waals surface area contributed by atoms with Crippen LogP contribution in [-0.2, 0) is 4.79 Å². The minimum atomic E-state index is -0.0381. The van der Waals surface area contributed by atoms with Gasteiger partial charge >= 0.3 is 0 Å². The van der Waals surface area contributed by atoms with Crippen LogP contribution in [0.25, 0.3) is 10.2 Å². The number of nitrogens with one attached hydrogen (secondary N) is 1. The summed E-state index contributed by atoms with van der Waals surface area (Å²) in [7, 11) is 1.64. The Morgan fingerprint density at radius 3 is 2.80 bits per heavy atom. The molecule has 1 heterocycles. The number of hydrogen-bond acceptors (Lipinski definition) is 5. The lowest BCUT2D eigenvalue weighted by Crippen LogP contribution is -2.11. The number of thiazole rings is 1. The Balaban J connectivity index is 1.54. The predicted molar refractivity (Wildman–Crippen MR) is 106 cm³/mol. The molecular formula is C18H17ClN2O2S2. The summed E-state index contributed by atoms with van der Waals surface area (Å²) < 4.78 is 6.11. The number of aryl methyl sites for hydroxylation is 1. The first-order valence-electron chi connectivity index (χ1n) is 7.68. The number of nitrogens with zero attached hydrogens (tertiary/aromatic N) is 1. The summed E-state index contributed by atoms with van der Waals surface area (Å²) >= 11 is 9.14. The van der Waals surface area contributed by atoms with Crippen molar-refractivity contribution < 1.29 is 9.53 Å². The van der Waals surface area contributed by atoms with Crippen LogP contribution >= 0.6 is 34.7 Å². The quantitative estimate of drug-likeness (QED) is 0.571. The molecule has 25 heavy (non-hydrogen) atoms. The Morgan fingerprint density at radius 2 is 2.08 bits per heavy atom. The van der Waals surface area contributed by atoms with Crippen LogP contribution in [0.1, 0.15) is 12.0 Å². The molecule has 0 saturated heterocycles. The number of rotatable bonds is 6. The maximum absolute atomic E-state index is 12.1. The lowest BCUT2D eigenvalue weighted by molar-refractivity contribution is -0.115. The van der Waals surface area contributed by atoms with Crippen molar-refractivity contribution in [2.45, 2.75) is 18.2 Å². The van der Waals surface area contributed by atoms with Gasteiger partial charge in [-0.25, -0.2) is 4.98 Å². The first-order valence-corrected chi connectivity index (χ1v) is 9.86. The first-order chi connectivity index (χ1) is 12.0. The topological polar surface area (TPSA) is 51.2 Å². The molecule has 2 aromatic carbocycles. The molecule has 0 aliphatic heterocycles. The zero-order chi connectivity index (χ0) is 17.8. The maximum Gasteiger partial charge on any atom is 0.226 e. The van der Waals surface area contributed by atoms with Crippen LogP contribution < -0.4 is 10.1 Å². The molecule has 1 N–H and O–H groups in total. The fourth-order valence-corrected chi connectivity index (χ4v) is 4.51. The SMILES string of the molecule is COc1ccc(SCCC(=O)Nc2nc3c(C)cc(Cl)cc3s2)cc1. The molecule has 0 saturated carbocycles. The van der Waals surface area contributed by atoms with E-state index in [4.69, 9.17) is 16.3 Å². The lowest BCUT2D eigenvalue weighted by atomic mass is 10.2. The zero-order valence-corrected chi connectivity index (χ0v) is 16.2. The van der Waals surface area contributed by atoms with Crippen LogP contribution in [0.4, 0.5) is 5.13 Å². The van der Waals surface area contributed by atoms with Crippen molar-refractivity contribution in [1.82, 2.24) is 4.98 Å². The van der Waals surface area contributed by atoms with Gasteiger partial charge in [-0.3, -0.25) is 4.79 Å². The summed E-state index contributed by atoms with van der Waals surface area (Å²) in [6.07, 6.45) is 0.423. The molecule has 0 atom stereocenters. The van der Waals surface area contributed by atoms with Gasteiger partial charge in [0, 0.05) is 22.1 Å². The zero-order valence-electron chi connectivity index (χ0n) is 13.8. The average Bonchev–Trinajstić information content (AvgIpc) is 2.98. The minimum Gasteiger partial charge on any atom is -0.497 e. The largest absolute Gasteiger partial charge is 0.497 e. The fraction of sp³-hybridized carbons (Fsp3) is 0.222. The smallest absolute Gasteiger partial charge is 0.226 e. The van der Waals surface area contributed by atoms with Crippen molar-refractivity contribution in [1.29, 1.82) is 0 Å². The van der Waals surface area contributed by atoms with Crippen molar-refractivity contribution in [3.8, 4) is 5.75 Å². The maximum atomic E-state index is 12.1. The number of amides is 1. The Morgan fingerprint density at radius 1 is 1.32 bits per heavy atom. The number of methoxy groups -OCH3 is 1. The number of hydrogen-bond donors (Lipinski definition) is 1. The normalized spacial score (nSPS) is 10.8. The van der Waals surface area contributed by atoms with Gasteiger partial charge in [0.1, 0.15) is 5.75 Å². The molecule has 0 spiro atoms. The van der Waals surface area contributed by atoms with E-state index in [9.17, 15) is 4.79 Å². The third-order valence-electron chi connectivity index (χ3n) is 3.55. The monoisotopic (exact) mass is 392 g/mol. The summed E-state index contributed by atoms with van der Waals surface area (Å²) in [5.41, 5.74) is 1.90. The molecule has 0 aliphatic rings. The number of thioether (sulfide) groups is 1. The van der Waals surface area contributed by atoms with E-state index in [0.717, 1.165) is 26.4 Å². The van der Waals surface area contributed by atoms with Gasteiger partial charge < -0.3 is 10.1 Å². The second kappa shape index (κ2) is 8.08. The second-order valence-electron chi connectivity index (χ2n) is 5.41. The van der Waals surface area contributed by atoms with Crippen molar-refractivity contribution >= 4 is 56.0 Å². The number of carbonyl (C=O) groups is 1. The van der Waals surface area contributed by atoms with E-state index < -0.39 is 0 Å². The highest BCUT2D eigenvalue weighted by atomic mass is 35.5. The standard InChI is InChI=1S/C18H17ClN2O2S2/c1-11-9-12(19)10-15-17(11)21-18(25-15)20-16(22)7-8-24-14-5-3-13(23-2)4-6-14/h3-6,9-10H,7-8H2,1-2H3,(H,20,21,22). The van der Waals surface area contributed by atoms with Crippen LogP contribution in [-0.4, -0.2) is 23.8 Å². The molecule has 0 radical (unpaired) electrons. The molecule has 0 aliphatic carbocycles. The van der Waals surface area contributed by atoms with E-state index in [1.165, 1.54) is 11.3 Å². The summed E-state index contributed by atoms with van der Waals surface area (Å²) in [6.45, 7) is 1.96. The second-order valence-corrected chi connectivity index (χ2v) is 8.05. The molecule has 130 valence electrons. The molecule has 1 aromatic heterocycles. The van der Waals surface area contributed by atoms with Gasteiger partial charge in [-0.2, -0.15) is 0 Å². The first kappa shape index (κ1) is 18.0. The van der Waals surface area contributed by atoms with E-state index in [0.29, 0.717) is 22.3 Å². The van der Waals surface area contributed by atoms with Crippen LogP contribution in [0.5, 0.6) is 5.75 Å². The summed E-state index contributed by atoms with van der Waals surface area (Å²) in [5, 5.41) is 4.17. The van der Waals surface area contributed by atoms with Crippen molar-refractivity contribution in [3.05, 3.63) is 47.0 Å². The number of anilines is 1. The molecule has 4 nitrogen and oxygen atoms in total. The van der Waals surface area contributed by atoms with Gasteiger partial charge in [0.05, 0.1) is 17.3 Å². The van der Waals surface area contributed by atoms with Crippen molar-refractivity contribution in [2.75, 3.05) is 18.2 Å². The van der Waals surface area contributed by atoms with E-state index in [1.54, 1.807) is 18.9 Å². The number of halogens is 1. The highest BCUT2D eigenvalue weighted by Gasteiger charge is 2.10. The van der Waals surface area contributed by atoms with E-state index in [-0.39, 0.29) is 5.91 Å². The summed E-state index contributed by atoms with van der Waals surface area (Å²) in [4.78, 5) is 17.7. The molecule has 0 fully saturated rings. The number of aromatic nitrogens is 1. The highest BCUT2D eigenvalue weighted by Crippen LogP contribution is 2.31. The van der Waals surface area contributed by atoms with Crippen LogP contribution in [0, 0.1) is 6.92 Å². The Bertz CT molecular complexity index is 894. The Labute approximate surface area is 159 Å². The molecule has 0 unspecified atom stereocenters. The predicted octanol–water partition coefficient (Wildman–Crippen LogP) is 5.39. The minimum absolute atomic E-state index is 0.0381. The van der Waals surface area contributed by atoms with Gasteiger partial charge in [0.15, 0.2) is 5.13 Å². The van der Waals surface area contributed by atoms with Crippen LogP contribution in [0.2, 0.25) is 5.02 Å². The van der Waals surface area contributed by atoms with Crippen molar-refractivity contribution in [3.63, 3.8) is 0 Å². The van der Waals surface area contributed by atoms with Crippen molar-refractivity contribution in [2.24, 2.45) is 0 Å². The van der Waals surface area contributed by atoms with E-state index >= 15 is 0 Å². The number of carbonyl (C=O) groups excluding carboxylic acids is 1. The van der Waals surface area contributed by atoms with Gasteiger partial charge in [0.25, 0.3) is 0 Å². The van der Waals surface area contributed by atoms with Gasteiger partial charge in [-0.1, -0.05) is 22.9 Å². The Kier molecular flexibility index (Phi) is 5.83. The highest BCUT2D eigenvalue weighted by molar-refractivity contribution is 7.99. The Hall–Kier alpha value is -1.76. The van der Waals surface area contributed by atoms with E-state index in [1.807, 2.05) is 43.3 Å². The molecule has 0 bridgehead atoms. The third kappa shape index (κ3) is 4.66.